The maximum Gasteiger partial charge on any atom is 0.459 e. The number of hydrogen-bond donors (Lipinski definition) is 1. The number of rotatable bonds is 5. The van der Waals surface area contributed by atoms with Crippen LogP contribution in [0.25, 0.3) is 23.0 Å². The molecule has 0 bridgehead atoms. The molecule has 0 aliphatic heterocycles. The average Bonchev–Trinajstić information content (AvgIpc) is 3.25. The zero-order valence-electron chi connectivity index (χ0n) is 15.1. The fourth-order valence-corrected chi connectivity index (χ4v) is 3.01. The molecule has 0 saturated heterocycles. The van der Waals surface area contributed by atoms with Crippen molar-refractivity contribution in [3.8, 4) is 16.9 Å². The van der Waals surface area contributed by atoms with Crippen LogP contribution in [0, 0.1) is 0 Å². The molecule has 0 aliphatic carbocycles. The molecule has 2 aromatic heterocycles. The Kier molecular flexibility index (Phi) is 5.19. The molecule has 1 aromatic carbocycles. The van der Waals surface area contributed by atoms with Gasteiger partial charge in [0.05, 0.1) is 16.8 Å². The van der Waals surface area contributed by atoms with Crippen LogP contribution in [0.2, 0.25) is 5.02 Å². The summed E-state index contributed by atoms with van der Waals surface area (Å²) in [6, 6.07) is 4.16. The minimum Gasteiger partial charge on any atom is -0.478 e. The van der Waals surface area contributed by atoms with E-state index in [9.17, 15) is 31.9 Å². The minimum atomic E-state index is -5.85. The van der Waals surface area contributed by atoms with Crippen molar-refractivity contribution in [2.75, 3.05) is 0 Å². The van der Waals surface area contributed by atoms with Gasteiger partial charge in [-0.25, -0.2) is 14.2 Å². The number of aryl methyl sites for hydroxylation is 1. The molecular formula is C18H12ClF5N4O2. The van der Waals surface area contributed by atoms with Crippen LogP contribution in [0.15, 0.2) is 37.2 Å². The lowest BCUT2D eigenvalue weighted by Gasteiger charge is -2.18. The second-order valence-corrected chi connectivity index (χ2v) is 6.57. The number of halogens is 6. The van der Waals surface area contributed by atoms with Gasteiger partial charge in [-0.1, -0.05) is 30.3 Å². The lowest BCUT2D eigenvalue weighted by atomic mass is 10.1. The first-order chi connectivity index (χ1) is 13.9. The van der Waals surface area contributed by atoms with E-state index in [2.05, 4.69) is 16.8 Å². The van der Waals surface area contributed by atoms with E-state index < -0.39 is 29.3 Å². The number of aromatic nitrogens is 4. The van der Waals surface area contributed by atoms with E-state index in [1.165, 1.54) is 37.6 Å². The zero-order valence-corrected chi connectivity index (χ0v) is 15.8. The highest BCUT2D eigenvalue weighted by Crippen LogP contribution is 2.45. The van der Waals surface area contributed by atoms with Crippen molar-refractivity contribution in [1.29, 1.82) is 0 Å². The fraction of sp³-hybridized carbons (Fsp3) is 0.167. The van der Waals surface area contributed by atoms with Crippen LogP contribution in [0.1, 0.15) is 21.6 Å². The standard InChI is InChI=1S/C18H12ClF5N4O2/c1-3-11-14(17(20,21)18(22,23)24)26-27(2)15(11)28-8-10(7-25-28)9-4-5-13(19)12(6-9)16(29)30/h3-8H,1H2,2H3,(H,29,30). The molecule has 12 heteroatoms. The first-order valence-corrected chi connectivity index (χ1v) is 8.49. The van der Waals surface area contributed by atoms with E-state index in [1.807, 2.05) is 0 Å². The number of nitrogens with zero attached hydrogens (tertiary/aromatic N) is 4. The number of carbonyl (C=O) groups is 1. The number of alkyl halides is 5. The Bertz CT molecular complexity index is 1150. The third-order valence-corrected chi connectivity index (χ3v) is 4.57. The molecule has 2 heterocycles. The monoisotopic (exact) mass is 446 g/mol. The molecule has 158 valence electrons. The zero-order chi connectivity index (χ0) is 22.4. The molecule has 0 fully saturated rings. The third-order valence-electron chi connectivity index (χ3n) is 4.24. The molecule has 3 aromatic rings. The summed E-state index contributed by atoms with van der Waals surface area (Å²) >= 11 is 5.84. The highest BCUT2D eigenvalue weighted by molar-refractivity contribution is 6.33. The van der Waals surface area contributed by atoms with Gasteiger partial charge < -0.3 is 5.11 Å². The Labute approximate surface area is 170 Å². The number of benzene rings is 1. The minimum absolute atomic E-state index is 0.0123. The first kappa shape index (κ1) is 21.5. The van der Waals surface area contributed by atoms with E-state index in [0.717, 1.165) is 15.4 Å². The molecule has 0 spiro atoms. The quantitative estimate of drug-likeness (QED) is 0.564. The highest BCUT2D eigenvalue weighted by atomic mass is 35.5. The maximum atomic E-state index is 13.9. The topological polar surface area (TPSA) is 72.9 Å². The Morgan fingerprint density at radius 1 is 1.23 bits per heavy atom. The van der Waals surface area contributed by atoms with Gasteiger partial charge in [-0.3, -0.25) is 0 Å². The highest BCUT2D eigenvalue weighted by Gasteiger charge is 2.61. The largest absolute Gasteiger partial charge is 0.478 e. The van der Waals surface area contributed by atoms with E-state index in [-0.39, 0.29) is 16.4 Å². The number of carboxylic acids is 1. The van der Waals surface area contributed by atoms with Crippen molar-refractivity contribution in [1.82, 2.24) is 19.6 Å². The van der Waals surface area contributed by atoms with Gasteiger partial charge in [0, 0.05) is 24.4 Å². The van der Waals surface area contributed by atoms with Crippen molar-refractivity contribution >= 4 is 23.6 Å². The Morgan fingerprint density at radius 3 is 2.47 bits per heavy atom. The van der Waals surface area contributed by atoms with Gasteiger partial charge in [0.25, 0.3) is 0 Å². The molecule has 0 aliphatic rings. The molecule has 0 amide bonds. The van der Waals surface area contributed by atoms with Crippen LogP contribution < -0.4 is 0 Å². The van der Waals surface area contributed by atoms with Crippen molar-refractivity contribution in [3.63, 3.8) is 0 Å². The van der Waals surface area contributed by atoms with E-state index in [1.54, 1.807) is 0 Å². The Hall–Kier alpha value is -3.21. The van der Waals surface area contributed by atoms with Gasteiger partial charge >= 0.3 is 18.1 Å². The van der Waals surface area contributed by atoms with Crippen LogP contribution in [-0.4, -0.2) is 36.8 Å². The number of carboxylic acid groups (broad SMARTS) is 1. The predicted molar refractivity (Wildman–Crippen MR) is 97.8 cm³/mol. The molecule has 1 N–H and O–H groups in total. The van der Waals surface area contributed by atoms with Gasteiger partial charge in [-0.15, -0.1) is 0 Å². The van der Waals surface area contributed by atoms with E-state index in [4.69, 9.17) is 11.6 Å². The van der Waals surface area contributed by atoms with Crippen LogP contribution >= 0.6 is 11.6 Å². The summed E-state index contributed by atoms with van der Waals surface area (Å²) in [5.74, 6) is -6.63. The van der Waals surface area contributed by atoms with Gasteiger partial charge in [0.15, 0.2) is 11.5 Å². The van der Waals surface area contributed by atoms with Crippen LogP contribution in [0.4, 0.5) is 22.0 Å². The van der Waals surface area contributed by atoms with E-state index in [0.29, 0.717) is 11.1 Å². The summed E-state index contributed by atoms with van der Waals surface area (Å²) in [4.78, 5) is 11.2. The lowest BCUT2D eigenvalue weighted by molar-refractivity contribution is -0.291. The van der Waals surface area contributed by atoms with E-state index >= 15 is 0 Å². The second kappa shape index (κ2) is 7.24. The second-order valence-electron chi connectivity index (χ2n) is 6.16. The molecule has 0 atom stereocenters. The molecule has 3 rings (SSSR count). The number of hydrogen-bond acceptors (Lipinski definition) is 3. The van der Waals surface area contributed by atoms with Crippen molar-refractivity contribution < 1.29 is 31.9 Å². The smallest absolute Gasteiger partial charge is 0.459 e. The molecular weight excluding hydrogens is 435 g/mol. The summed E-state index contributed by atoms with van der Waals surface area (Å²) in [6.07, 6.45) is -2.39. The molecule has 0 radical (unpaired) electrons. The molecule has 0 saturated carbocycles. The molecule has 6 nitrogen and oxygen atoms in total. The lowest BCUT2D eigenvalue weighted by Crippen LogP contribution is -2.34. The summed E-state index contributed by atoms with van der Waals surface area (Å²) in [5.41, 5.74) is -1.45. The summed E-state index contributed by atoms with van der Waals surface area (Å²) < 4.78 is 68.2. The third kappa shape index (κ3) is 3.45. The van der Waals surface area contributed by atoms with Gasteiger partial charge in [0.1, 0.15) is 0 Å². The van der Waals surface area contributed by atoms with Gasteiger partial charge in [-0.2, -0.15) is 32.1 Å². The van der Waals surface area contributed by atoms with Gasteiger partial charge in [0.2, 0.25) is 0 Å². The maximum absolute atomic E-state index is 13.9. The SMILES string of the molecule is C=Cc1c(C(F)(F)C(F)(F)F)nn(C)c1-n1cc(-c2ccc(Cl)c(C(=O)O)c2)cn1. The van der Waals surface area contributed by atoms with Crippen LogP contribution in [-0.2, 0) is 13.0 Å². The van der Waals surface area contributed by atoms with Crippen molar-refractivity contribution in [2.45, 2.75) is 12.1 Å². The first-order valence-electron chi connectivity index (χ1n) is 8.11. The van der Waals surface area contributed by atoms with Gasteiger partial charge in [-0.05, 0) is 17.7 Å². The summed E-state index contributed by atoms with van der Waals surface area (Å²) in [6.45, 7) is 3.32. The summed E-state index contributed by atoms with van der Waals surface area (Å²) in [7, 11) is 1.18. The average molecular weight is 447 g/mol. The predicted octanol–water partition coefficient (Wildman–Crippen LogP) is 4.92. The summed E-state index contributed by atoms with van der Waals surface area (Å²) in [5, 5.41) is 16.5. The van der Waals surface area contributed by atoms with Crippen molar-refractivity contribution in [2.24, 2.45) is 7.05 Å². The fourth-order valence-electron chi connectivity index (χ4n) is 2.81. The molecule has 0 unspecified atom stereocenters. The Morgan fingerprint density at radius 2 is 1.90 bits per heavy atom. The Balaban J connectivity index is 2.12. The normalized spacial score (nSPS) is 12.2. The number of aromatic carboxylic acids is 1. The van der Waals surface area contributed by atoms with Crippen molar-refractivity contribution in [3.05, 3.63) is 59.0 Å². The van der Waals surface area contributed by atoms with Crippen LogP contribution in [0.3, 0.4) is 0 Å². The molecule has 30 heavy (non-hydrogen) atoms. The van der Waals surface area contributed by atoms with Crippen LogP contribution in [0.5, 0.6) is 0 Å².